The van der Waals surface area contributed by atoms with E-state index in [-0.39, 0.29) is 16.7 Å². The van der Waals surface area contributed by atoms with Gasteiger partial charge in [0, 0.05) is 11.6 Å². The second-order valence-electron chi connectivity index (χ2n) is 4.78. The SMILES string of the molecule is Cc1c(NC(=O)C2CC2C)cccc1S(N)(=O)=O. The fourth-order valence-corrected chi connectivity index (χ4v) is 2.78. The Bertz CT molecular complexity index is 595. The third kappa shape index (κ3) is 2.54. The summed E-state index contributed by atoms with van der Waals surface area (Å²) in [7, 11) is -3.76. The minimum Gasteiger partial charge on any atom is -0.326 e. The van der Waals surface area contributed by atoms with Crippen LogP contribution in [0.4, 0.5) is 5.69 Å². The molecule has 1 fully saturated rings. The number of benzene rings is 1. The largest absolute Gasteiger partial charge is 0.326 e. The van der Waals surface area contributed by atoms with Gasteiger partial charge >= 0.3 is 0 Å². The maximum Gasteiger partial charge on any atom is 0.238 e. The predicted octanol–water partition coefficient (Wildman–Crippen LogP) is 1.24. The van der Waals surface area contributed by atoms with Crippen molar-refractivity contribution in [2.24, 2.45) is 17.0 Å². The van der Waals surface area contributed by atoms with Crippen LogP contribution in [0.2, 0.25) is 0 Å². The number of hydrogen-bond acceptors (Lipinski definition) is 3. The Morgan fingerprint density at radius 2 is 2.06 bits per heavy atom. The van der Waals surface area contributed by atoms with Gasteiger partial charge in [0.15, 0.2) is 0 Å². The van der Waals surface area contributed by atoms with Gasteiger partial charge < -0.3 is 5.32 Å². The van der Waals surface area contributed by atoms with Crippen LogP contribution in [0, 0.1) is 18.8 Å². The molecular formula is C12H16N2O3S. The van der Waals surface area contributed by atoms with Gasteiger partial charge in [-0.15, -0.1) is 0 Å². The number of sulfonamides is 1. The number of hydrogen-bond donors (Lipinski definition) is 2. The Morgan fingerprint density at radius 1 is 1.44 bits per heavy atom. The number of carbonyl (C=O) groups excluding carboxylic acids is 1. The zero-order chi connectivity index (χ0) is 13.5. The van der Waals surface area contributed by atoms with Crippen LogP contribution in [0.5, 0.6) is 0 Å². The molecule has 6 heteroatoms. The van der Waals surface area contributed by atoms with E-state index in [1.165, 1.54) is 6.07 Å². The average molecular weight is 268 g/mol. The highest BCUT2D eigenvalue weighted by Gasteiger charge is 2.39. The Kier molecular flexibility index (Phi) is 3.16. The van der Waals surface area contributed by atoms with E-state index in [9.17, 15) is 13.2 Å². The van der Waals surface area contributed by atoms with Gasteiger partial charge in [0.25, 0.3) is 0 Å². The normalized spacial score (nSPS) is 22.6. The molecule has 0 aromatic heterocycles. The molecule has 1 aromatic carbocycles. The molecule has 2 atom stereocenters. The van der Waals surface area contributed by atoms with Crippen molar-refractivity contribution in [1.29, 1.82) is 0 Å². The molecule has 1 amide bonds. The van der Waals surface area contributed by atoms with Crippen molar-refractivity contribution in [1.82, 2.24) is 0 Å². The summed E-state index contributed by atoms with van der Waals surface area (Å²) in [5.74, 6) is 0.395. The number of nitrogens with one attached hydrogen (secondary N) is 1. The van der Waals surface area contributed by atoms with Crippen molar-refractivity contribution >= 4 is 21.6 Å². The summed E-state index contributed by atoms with van der Waals surface area (Å²) >= 11 is 0. The molecule has 1 saturated carbocycles. The van der Waals surface area contributed by atoms with Crippen molar-refractivity contribution in [3.05, 3.63) is 23.8 Å². The van der Waals surface area contributed by atoms with Crippen LogP contribution >= 0.6 is 0 Å². The van der Waals surface area contributed by atoms with Crippen molar-refractivity contribution in [3.8, 4) is 0 Å². The van der Waals surface area contributed by atoms with Crippen LogP contribution < -0.4 is 10.5 Å². The zero-order valence-corrected chi connectivity index (χ0v) is 11.1. The van der Waals surface area contributed by atoms with Crippen molar-refractivity contribution < 1.29 is 13.2 Å². The summed E-state index contributed by atoms with van der Waals surface area (Å²) in [6.45, 7) is 3.64. The van der Waals surface area contributed by atoms with Crippen LogP contribution in [-0.2, 0) is 14.8 Å². The first kappa shape index (κ1) is 13.0. The minimum atomic E-state index is -3.76. The van der Waals surface area contributed by atoms with Gasteiger partial charge in [0.05, 0.1) is 4.90 Å². The fraction of sp³-hybridized carbons (Fsp3) is 0.417. The van der Waals surface area contributed by atoms with E-state index in [1.54, 1.807) is 19.1 Å². The quantitative estimate of drug-likeness (QED) is 0.864. The molecule has 0 heterocycles. The van der Waals surface area contributed by atoms with Crippen molar-refractivity contribution in [2.45, 2.75) is 25.2 Å². The molecule has 1 aromatic rings. The smallest absolute Gasteiger partial charge is 0.238 e. The third-order valence-electron chi connectivity index (χ3n) is 3.29. The standard InChI is InChI=1S/C12H16N2O3S/c1-7-6-9(7)12(15)14-10-4-3-5-11(8(10)2)18(13,16)17/h3-5,7,9H,6H2,1-2H3,(H,14,15)(H2,13,16,17). The lowest BCUT2D eigenvalue weighted by atomic mass is 10.2. The van der Waals surface area contributed by atoms with Gasteiger partial charge in [-0.3, -0.25) is 4.79 Å². The molecule has 2 unspecified atom stereocenters. The highest BCUT2D eigenvalue weighted by Crippen LogP contribution is 2.38. The molecule has 0 spiro atoms. The fourth-order valence-electron chi connectivity index (χ4n) is 1.97. The van der Waals surface area contributed by atoms with E-state index >= 15 is 0 Å². The Labute approximate surface area is 106 Å². The van der Waals surface area contributed by atoms with Crippen molar-refractivity contribution in [3.63, 3.8) is 0 Å². The predicted molar refractivity (Wildman–Crippen MR) is 68.5 cm³/mol. The highest BCUT2D eigenvalue weighted by atomic mass is 32.2. The van der Waals surface area contributed by atoms with Crippen LogP contribution in [0.1, 0.15) is 18.9 Å². The number of carbonyl (C=O) groups is 1. The lowest BCUT2D eigenvalue weighted by Crippen LogP contribution is -2.18. The van der Waals surface area contributed by atoms with Gasteiger partial charge in [-0.1, -0.05) is 13.0 Å². The first-order valence-corrected chi connectivity index (χ1v) is 7.28. The highest BCUT2D eigenvalue weighted by molar-refractivity contribution is 7.89. The summed E-state index contributed by atoms with van der Waals surface area (Å²) < 4.78 is 22.7. The van der Waals surface area contributed by atoms with Gasteiger partial charge in [-0.2, -0.15) is 0 Å². The molecule has 98 valence electrons. The van der Waals surface area contributed by atoms with Gasteiger partial charge in [0.2, 0.25) is 15.9 Å². The van der Waals surface area contributed by atoms with E-state index in [1.807, 2.05) is 6.92 Å². The molecule has 5 nitrogen and oxygen atoms in total. The second-order valence-corrected chi connectivity index (χ2v) is 6.31. The van der Waals surface area contributed by atoms with E-state index in [2.05, 4.69) is 5.32 Å². The molecule has 0 saturated heterocycles. The van der Waals surface area contributed by atoms with E-state index < -0.39 is 10.0 Å². The Balaban J connectivity index is 2.27. The van der Waals surface area contributed by atoms with Gasteiger partial charge in [-0.25, -0.2) is 13.6 Å². The summed E-state index contributed by atoms with van der Waals surface area (Å²) in [6, 6.07) is 4.67. The molecular weight excluding hydrogens is 252 g/mol. The maximum absolute atomic E-state index is 11.8. The molecule has 0 bridgehead atoms. The lowest BCUT2D eigenvalue weighted by molar-refractivity contribution is -0.117. The average Bonchev–Trinajstić information content (AvgIpc) is 2.97. The van der Waals surface area contributed by atoms with E-state index in [4.69, 9.17) is 5.14 Å². The topological polar surface area (TPSA) is 89.3 Å². The number of amides is 1. The van der Waals surface area contributed by atoms with Crippen molar-refractivity contribution in [2.75, 3.05) is 5.32 Å². The van der Waals surface area contributed by atoms with Gasteiger partial charge in [-0.05, 0) is 37.0 Å². The maximum atomic E-state index is 11.8. The number of anilines is 1. The Morgan fingerprint density at radius 3 is 2.56 bits per heavy atom. The van der Waals surface area contributed by atoms with Crippen LogP contribution in [0.25, 0.3) is 0 Å². The molecule has 2 rings (SSSR count). The van der Waals surface area contributed by atoms with E-state index in [0.29, 0.717) is 17.2 Å². The number of primary sulfonamides is 1. The lowest BCUT2D eigenvalue weighted by Gasteiger charge is -2.11. The second kappa shape index (κ2) is 4.37. The molecule has 0 radical (unpaired) electrons. The van der Waals surface area contributed by atoms with Crippen LogP contribution in [0.15, 0.2) is 23.1 Å². The number of rotatable bonds is 3. The monoisotopic (exact) mass is 268 g/mol. The minimum absolute atomic E-state index is 0.0440. The molecule has 1 aliphatic carbocycles. The summed E-state index contributed by atoms with van der Waals surface area (Å²) in [5, 5.41) is 7.87. The van der Waals surface area contributed by atoms with Gasteiger partial charge in [0.1, 0.15) is 0 Å². The molecule has 0 aliphatic heterocycles. The summed E-state index contributed by atoms with van der Waals surface area (Å²) in [5.41, 5.74) is 0.979. The first-order chi connectivity index (χ1) is 8.30. The summed E-state index contributed by atoms with van der Waals surface area (Å²) in [6.07, 6.45) is 0.889. The summed E-state index contributed by atoms with van der Waals surface area (Å²) in [4.78, 5) is 11.9. The first-order valence-electron chi connectivity index (χ1n) is 5.74. The molecule has 18 heavy (non-hydrogen) atoms. The van der Waals surface area contributed by atoms with Crippen LogP contribution in [0.3, 0.4) is 0 Å². The third-order valence-corrected chi connectivity index (χ3v) is 4.35. The zero-order valence-electron chi connectivity index (χ0n) is 10.3. The molecule has 1 aliphatic rings. The molecule has 3 N–H and O–H groups in total. The Hall–Kier alpha value is -1.40. The van der Waals surface area contributed by atoms with E-state index in [0.717, 1.165) is 6.42 Å². The van der Waals surface area contributed by atoms with Crippen LogP contribution in [-0.4, -0.2) is 14.3 Å². The number of nitrogens with two attached hydrogens (primary N) is 1.